The molecule has 2 aromatic heterocycles. The van der Waals surface area contributed by atoms with E-state index >= 15 is 0 Å². The molecule has 1 amide bonds. The summed E-state index contributed by atoms with van der Waals surface area (Å²) >= 11 is 1.26. The number of amides is 1. The molecule has 39 heavy (non-hydrogen) atoms. The van der Waals surface area contributed by atoms with Crippen molar-refractivity contribution in [2.45, 2.75) is 25.2 Å². The number of nitrogens with zero attached hydrogens (tertiary/aromatic N) is 4. The summed E-state index contributed by atoms with van der Waals surface area (Å²) in [6.07, 6.45) is 0. The van der Waals surface area contributed by atoms with E-state index in [1.807, 2.05) is 102 Å². The second-order valence-corrected chi connectivity index (χ2v) is 9.38. The van der Waals surface area contributed by atoms with Gasteiger partial charge in [0.05, 0.1) is 5.75 Å². The number of nitriles is 1. The van der Waals surface area contributed by atoms with Gasteiger partial charge in [-0.2, -0.15) is 5.26 Å². The number of hydrogen-bond donors (Lipinski definition) is 1. The molecule has 0 aliphatic rings. The number of hydrogen-bond acceptors (Lipinski definition) is 7. The van der Waals surface area contributed by atoms with Gasteiger partial charge < -0.3 is 13.7 Å². The number of nitrogens with one attached hydrogen (secondary N) is 1. The van der Waals surface area contributed by atoms with Crippen molar-refractivity contribution in [3.8, 4) is 34.3 Å². The number of carbonyl (C=O) groups excluding carboxylic acids is 1. The Hall–Kier alpha value is -4.81. The number of thioether (sulfide) groups is 1. The van der Waals surface area contributed by atoms with E-state index in [-0.39, 0.29) is 29.7 Å². The maximum absolute atomic E-state index is 13.0. The molecule has 0 saturated carbocycles. The number of benzene rings is 3. The molecule has 9 heteroatoms. The van der Waals surface area contributed by atoms with Crippen LogP contribution in [0.4, 0.5) is 5.88 Å². The van der Waals surface area contributed by atoms with Crippen LogP contribution in [-0.2, 0) is 17.9 Å². The fourth-order valence-electron chi connectivity index (χ4n) is 4.11. The first-order valence-electron chi connectivity index (χ1n) is 12.4. The Balaban J connectivity index is 1.33. The highest BCUT2D eigenvalue weighted by molar-refractivity contribution is 7.99. The molecule has 8 nitrogen and oxygen atoms in total. The average Bonchev–Trinajstić information content (AvgIpc) is 3.56. The van der Waals surface area contributed by atoms with Crippen LogP contribution in [0.1, 0.15) is 18.3 Å². The van der Waals surface area contributed by atoms with Crippen molar-refractivity contribution in [3.63, 3.8) is 0 Å². The van der Waals surface area contributed by atoms with Gasteiger partial charge >= 0.3 is 0 Å². The highest BCUT2D eigenvalue weighted by Gasteiger charge is 2.24. The van der Waals surface area contributed by atoms with E-state index in [2.05, 4.69) is 21.6 Å². The van der Waals surface area contributed by atoms with E-state index in [0.29, 0.717) is 28.8 Å². The van der Waals surface area contributed by atoms with Crippen LogP contribution in [-0.4, -0.2) is 26.4 Å². The number of carbonyl (C=O) groups is 1. The highest BCUT2D eigenvalue weighted by atomic mass is 32.2. The SMILES string of the molecule is CCn1c(COc2ccccc2)nnc1SCC(=O)Nc1oc(-c2ccccc2)c(-c2ccccc2)c1C#N. The molecule has 0 aliphatic carbocycles. The van der Waals surface area contributed by atoms with Crippen molar-refractivity contribution < 1.29 is 13.9 Å². The summed E-state index contributed by atoms with van der Waals surface area (Å²) in [6.45, 7) is 2.87. The van der Waals surface area contributed by atoms with Gasteiger partial charge in [0.2, 0.25) is 11.8 Å². The first-order chi connectivity index (χ1) is 19.2. The van der Waals surface area contributed by atoms with Gasteiger partial charge in [0.25, 0.3) is 0 Å². The zero-order valence-corrected chi connectivity index (χ0v) is 22.0. The number of aromatic nitrogens is 3. The first kappa shape index (κ1) is 25.8. The maximum atomic E-state index is 13.0. The lowest BCUT2D eigenvalue weighted by molar-refractivity contribution is -0.113. The van der Waals surface area contributed by atoms with Gasteiger partial charge in [-0.1, -0.05) is 90.6 Å². The lowest BCUT2D eigenvalue weighted by atomic mass is 9.98. The third-order valence-corrected chi connectivity index (χ3v) is 6.89. The van der Waals surface area contributed by atoms with Crippen LogP contribution in [0.25, 0.3) is 22.5 Å². The Morgan fingerprint density at radius 3 is 2.26 bits per heavy atom. The first-order valence-corrected chi connectivity index (χ1v) is 13.4. The summed E-state index contributed by atoms with van der Waals surface area (Å²) in [4.78, 5) is 13.0. The van der Waals surface area contributed by atoms with E-state index < -0.39 is 0 Å². The van der Waals surface area contributed by atoms with Crippen LogP contribution >= 0.6 is 11.8 Å². The predicted molar refractivity (Wildman–Crippen MR) is 150 cm³/mol. The molecule has 0 atom stereocenters. The van der Waals surface area contributed by atoms with Crippen LogP contribution in [0.5, 0.6) is 5.75 Å². The Bertz CT molecular complexity index is 1590. The molecular formula is C30H25N5O3S. The minimum Gasteiger partial charge on any atom is -0.486 e. The van der Waals surface area contributed by atoms with Gasteiger partial charge in [-0.25, -0.2) is 0 Å². The van der Waals surface area contributed by atoms with E-state index in [1.54, 1.807) is 0 Å². The molecule has 0 bridgehead atoms. The van der Waals surface area contributed by atoms with Crippen molar-refractivity contribution in [3.05, 3.63) is 102 Å². The molecule has 2 heterocycles. The third-order valence-electron chi connectivity index (χ3n) is 5.92. The molecule has 1 N–H and O–H groups in total. The van der Waals surface area contributed by atoms with E-state index in [0.717, 1.165) is 16.9 Å². The molecule has 3 aromatic carbocycles. The highest BCUT2D eigenvalue weighted by Crippen LogP contribution is 2.41. The quantitative estimate of drug-likeness (QED) is 0.206. The fourth-order valence-corrected chi connectivity index (χ4v) is 4.93. The summed E-state index contributed by atoms with van der Waals surface area (Å²) in [5.41, 5.74) is 2.55. The summed E-state index contributed by atoms with van der Waals surface area (Å²) in [7, 11) is 0. The second kappa shape index (κ2) is 12.2. The van der Waals surface area contributed by atoms with Crippen LogP contribution in [0.2, 0.25) is 0 Å². The summed E-state index contributed by atoms with van der Waals surface area (Å²) in [5, 5.41) is 21.9. The second-order valence-electron chi connectivity index (χ2n) is 8.44. The van der Waals surface area contributed by atoms with E-state index in [9.17, 15) is 10.1 Å². The number of para-hydroxylation sites is 1. The van der Waals surface area contributed by atoms with E-state index in [1.165, 1.54) is 11.8 Å². The molecule has 0 spiro atoms. The van der Waals surface area contributed by atoms with Gasteiger partial charge in [-0.05, 0) is 24.6 Å². The monoisotopic (exact) mass is 535 g/mol. The summed E-state index contributed by atoms with van der Waals surface area (Å²) in [6, 6.07) is 30.8. The van der Waals surface area contributed by atoms with Crippen molar-refractivity contribution in [1.82, 2.24) is 14.8 Å². The minimum atomic E-state index is -0.322. The lowest BCUT2D eigenvalue weighted by Crippen LogP contribution is -2.15. The lowest BCUT2D eigenvalue weighted by Gasteiger charge is -2.08. The molecule has 0 radical (unpaired) electrons. The van der Waals surface area contributed by atoms with Crippen molar-refractivity contribution in [1.29, 1.82) is 5.26 Å². The zero-order valence-electron chi connectivity index (χ0n) is 21.2. The van der Waals surface area contributed by atoms with Crippen LogP contribution in [0.15, 0.2) is 101 Å². The number of rotatable bonds is 10. The van der Waals surface area contributed by atoms with Gasteiger partial charge in [-0.3, -0.25) is 10.1 Å². The fraction of sp³-hybridized carbons (Fsp3) is 0.133. The standard InChI is InChI=1S/C30H25N5O3S/c1-2-35-25(19-37-23-16-10-5-11-17-23)33-34-30(35)39-20-26(36)32-29-24(18-31)27(21-12-6-3-7-13-21)28(38-29)22-14-8-4-9-15-22/h3-17H,2,19-20H2,1H3,(H,32,36). The van der Waals surface area contributed by atoms with Gasteiger partial charge in [0.1, 0.15) is 29.7 Å². The molecule has 0 aliphatic heterocycles. The van der Waals surface area contributed by atoms with Gasteiger partial charge in [-0.15, -0.1) is 10.2 Å². The van der Waals surface area contributed by atoms with E-state index in [4.69, 9.17) is 9.15 Å². The Kier molecular flexibility index (Phi) is 8.05. The average molecular weight is 536 g/mol. The Labute approximate surface area is 230 Å². The molecular weight excluding hydrogens is 510 g/mol. The maximum Gasteiger partial charge on any atom is 0.237 e. The molecule has 0 fully saturated rings. The topological polar surface area (TPSA) is 106 Å². The van der Waals surface area contributed by atoms with Crippen LogP contribution in [0, 0.1) is 11.3 Å². The molecule has 194 valence electrons. The third kappa shape index (κ3) is 5.87. The number of furan rings is 1. The summed E-state index contributed by atoms with van der Waals surface area (Å²) < 4.78 is 13.8. The van der Waals surface area contributed by atoms with Crippen molar-refractivity contribution >= 4 is 23.6 Å². The zero-order chi connectivity index (χ0) is 27.0. The predicted octanol–water partition coefficient (Wildman–Crippen LogP) is 6.41. The smallest absolute Gasteiger partial charge is 0.237 e. The van der Waals surface area contributed by atoms with Gasteiger partial charge in [0.15, 0.2) is 11.0 Å². The number of ether oxygens (including phenoxy) is 1. The Morgan fingerprint density at radius 1 is 0.974 bits per heavy atom. The largest absolute Gasteiger partial charge is 0.486 e. The normalized spacial score (nSPS) is 10.7. The number of anilines is 1. The minimum absolute atomic E-state index is 0.0601. The van der Waals surface area contributed by atoms with Crippen molar-refractivity contribution in [2.24, 2.45) is 0 Å². The Morgan fingerprint density at radius 2 is 1.62 bits per heavy atom. The van der Waals surface area contributed by atoms with Crippen LogP contribution < -0.4 is 10.1 Å². The molecule has 5 rings (SSSR count). The summed E-state index contributed by atoms with van der Waals surface area (Å²) in [5.74, 6) is 1.79. The molecule has 5 aromatic rings. The molecule has 0 unspecified atom stereocenters. The van der Waals surface area contributed by atoms with Crippen LogP contribution in [0.3, 0.4) is 0 Å². The van der Waals surface area contributed by atoms with Gasteiger partial charge in [0, 0.05) is 17.7 Å². The van der Waals surface area contributed by atoms with Crippen molar-refractivity contribution in [2.75, 3.05) is 11.1 Å². The molecule has 0 saturated heterocycles.